The summed E-state index contributed by atoms with van der Waals surface area (Å²) in [5, 5.41) is 0. The van der Waals surface area contributed by atoms with Gasteiger partial charge < -0.3 is 10.6 Å². The van der Waals surface area contributed by atoms with Gasteiger partial charge in [-0.3, -0.25) is 4.90 Å². The van der Waals surface area contributed by atoms with Crippen molar-refractivity contribution in [2.45, 2.75) is 45.7 Å². The SMILES string of the molecule is CC(N)Cc1ccc(N2CCN(C(C)(C)C)CC2)nc1. The number of piperazine rings is 1. The fourth-order valence-corrected chi connectivity index (χ4v) is 2.70. The molecule has 0 spiro atoms. The Balaban J connectivity index is 1.94. The number of rotatable bonds is 3. The second-order valence-electron chi connectivity index (χ2n) is 6.85. The molecule has 112 valence electrons. The fraction of sp³-hybridized carbons (Fsp3) is 0.688. The van der Waals surface area contributed by atoms with Crippen LogP contribution >= 0.6 is 0 Å². The monoisotopic (exact) mass is 276 g/mol. The van der Waals surface area contributed by atoms with Crippen molar-refractivity contribution in [2.75, 3.05) is 31.1 Å². The topological polar surface area (TPSA) is 45.4 Å². The zero-order chi connectivity index (χ0) is 14.8. The molecule has 1 unspecified atom stereocenters. The number of hydrogen-bond acceptors (Lipinski definition) is 4. The molecule has 20 heavy (non-hydrogen) atoms. The molecular weight excluding hydrogens is 248 g/mol. The van der Waals surface area contributed by atoms with Crippen LogP contribution in [0.4, 0.5) is 5.82 Å². The third-order valence-corrected chi connectivity index (χ3v) is 3.92. The van der Waals surface area contributed by atoms with E-state index in [2.05, 4.69) is 47.7 Å². The quantitative estimate of drug-likeness (QED) is 0.916. The third-order valence-electron chi connectivity index (χ3n) is 3.92. The lowest BCUT2D eigenvalue weighted by atomic mass is 10.0. The van der Waals surface area contributed by atoms with Gasteiger partial charge in [0, 0.05) is 44.0 Å². The average Bonchev–Trinajstić information content (AvgIpc) is 2.38. The van der Waals surface area contributed by atoms with Crippen LogP contribution < -0.4 is 10.6 Å². The summed E-state index contributed by atoms with van der Waals surface area (Å²) in [6, 6.07) is 4.48. The van der Waals surface area contributed by atoms with Gasteiger partial charge in [-0.25, -0.2) is 4.98 Å². The number of hydrogen-bond donors (Lipinski definition) is 1. The van der Waals surface area contributed by atoms with E-state index in [4.69, 9.17) is 5.73 Å². The molecule has 1 fully saturated rings. The maximum absolute atomic E-state index is 5.82. The number of pyridine rings is 1. The van der Waals surface area contributed by atoms with E-state index < -0.39 is 0 Å². The Kier molecular flexibility index (Phi) is 4.66. The van der Waals surface area contributed by atoms with Gasteiger partial charge in [-0.15, -0.1) is 0 Å². The molecule has 1 atom stereocenters. The maximum atomic E-state index is 5.82. The molecular formula is C16H28N4. The second-order valence-corrected chi connectivity index (χ2v) is 6.85. The van der Waals surface area contributed by atoms with Crippen molar-refractivity contribution in [3.63, 3.8) is 0 Å². The molecule has 4 nitrogen and oxygen atoms in total. The van der Waals surface area contributed by atoms with Gasteiger partial charge in [0.05, 0.1) is 0 Å². The van der Waals surface area contributed by atoms with E-state index >= 15 is 0 Å². The molecule has 1 aliphatic rings. The lowest BCUT2D eigenvalue weighted by molar-refractivity contribution is 0.128. The number of nitrogens with zero attached hydrogens (tertiary/aromatic N) is 3. The molecule has 0 amide bonds. The molecule has 0 aliphatic carbocycles. The smallest absolute Gasteiger partial charge is 0.128 e. The Morgan fingerprint density at radius 3 is 2.30 bits per heavy atom. The summed E-state index contributed by atoms with van der Waals surface area (Å²) in [7, 11) is 0. The molecule has 1 aromatic rings. The van der Waals surface area contributed by atoms with Gasteiger partial charge in [0.25, 0.3) is 0 Å². The van der Waals surface area contributed by atoms with Crippen molar-refractivity contribution >= 4 is 5.82 Å². The minimum absolute atomic E-state index is 0.193. The van der Waals surface area contributed by atoms with Crippen LogP contribution in [0.15, 0.2) is 18.3 Å². The first-order valence-electron chi connectivity index (χ1n) is 7.57. The van der Waals surface area contributed by atoms with E-state index in [1.165, 1.54) is 5.56 Å². The molecule has 0 saturated carbocycles. The molecule has 0 bridgehead atoms. The Hall–Kier alpha value is -1.13. The Morgan fingerprint density at radius 1 is 1.20 bits per heavy atom. The average molecular weight is 276 g/mol. The standard InChI is InChI=1S/C16H28N4/c1-13(17)11-14-5-6-15(18-12-14)19-7-9-20(10-8-19)16(2,3)4/h5-6,12-13H,7-11,17H2,1-4H3. The fourth-order valence-electron chi connectivity index (χ4n) is 2.70. The highest BCUT2D eigenvalue weighted by Crippen LogP contribution is 2.19. The van der Waals surface area contributed by atoms with E-state index in [9.17, 15) is 0 Å². The van der Waals surface area contributed by atoms with Crippen molar-refractivity contribution < 1.29 is 0 Å². The predicted molar refractivity (Wildman–Crippen MR) is 85.1 cm³/mol. The van der Waals surface area contributed by atoms with Crippen LogP contribution in [0.2, 0.25) is 0 Å². The zero-order valence-corrected chi connectivity index (χ0v) is 13.3. The molecule has 1 aromatic heterocycles. The summed E-state index contributed by atoms with van der Waals surface area (Å²) in [4.78, 5) is 9.50. The molecule has 1 saturated heterocycles. The first-order valence-corrected chi connectivity index (χ1v) is 7.57. The maximum Gasteiger partial charge on any atom is 0.128 e. The Morgan fingerprint density at radius 2 is 1.85 bits per heavy atom. The van der Waals surface area contributed by atoms with Crippen LogP contribution in [-0.4, -0.2) is 47.6 Å². The minimum atomic E-state index is 0.193. The molecule has 4 heteroatoms. The van der Waals surface area contributed by atoms with E-state index in [1.807, 2.05) is 13.1 Å². The summed E-state index contributed by atoms with van der Waals surface area (Å²) in [6.07, 6.45) is 2.86. The van der Waals surface area contributed by atoms with Crippen molar-refractivity contribution in [3.8, 4) is 0 Å². The first kappa shape index (κ1) is 15.3. The number of anilines is 1. The minimum Gasteiger partial charge on any atom is -0.354 e. The highest BCUT2D eigenvalue weighted by molar-refractivity contribution is 5.40. The summed E-state index contributed by atoms with van der Waals surface area (Å²) >= 11 is 0. The van der Waals surface area contributed by atoms with E-state index in [1.54, 1.807) is 0 Å². The summed E-state index contributed by atoms with van der Waals surface area (Å²) < 4.78 is 0. The lowest BCUT2D eigenvalue weighted by Gasteiger charge is -2.42. The third kappa shape index (κ3) is 3.93. The number of aromatic nitrogens is 1. The highest BCUT2D eigenvalue weighted by atomic mass is 15.3. The van der Waals surface area contributed by atoms with E-state index in [0.717, 1.165) is 38.4 Å². The Labute approximate surface area is 123 Å². The van der Waals surface area contributed by atoms with Gasteiger partial charge in [-0.05, 0) is 45.7 Å². The van der Waals surface area contributed by atoms with Crippen LogP contribution in [0.3, 0.4) is 0 Å². The van der Waals surface area contributed by atoms with Crippen LogP contribution in [0.5, 0.6) is 0 Å². The molecule has 2 rings (SSSR count). The normalized spacial score (nSPS) is 19.1. The van der Waals surface area contributed by atoms with Gasteiger partial charge in [-0.2, -0.15) is 0 Å². The second kappa shape index (κ2) is 6.10. The summed E-state index contributed by atoms with van der Waals surface area (Å²) in [5.41, 5.74) is 7.30. The van der Waals surface area contributed by atoms with Gasteiger partial charge in [-0.1, -0.05) is 6.07 Å². The van der Waals surface area contributed by atoms with Crippen molar-refractivity contribution in [3.05, 3.63) is 23.9 Å². The summed E-state index contributed by atoms with van der Waals surface area (Å²) in [6.45, 7) is 13.2. The van der Waals surface area contributed by atoms with Gasteiger partial charge in [0.2, 0.25) is 0 Å². The van der Waals surface area contributed by atoms with E-state index in [0.29, 0.717) is 0 Å². The van der Waals surface area contributed by atoms with Crippen LogP contribution in [0.25, 0.3) is 0 Å². The van der Waals surface area contributed by atoms with Gasteiger partial charge >= 0.3 is 0 Å². The summed E-state index contributed by atoms with van der Waals surface area (Å²) in [5.74, 6) is 1.09. The van der Waals surface area contributed by atoms with Crippen molar-refractivity contribution in [1.82, 2.24) is 9.88 Å². The molecule has 1 aliphatic heterocycles. The highest BCUT2D eigenvalue weighted by Gasteiger charge is 2.26. The first-order chi connectivity index (χ1) is 9.36. The van der Waals surface area contributed by atoms with Crippen LogP contribution in [0.1, 0.15) is 33.3 Å². The van der Waals surface area contributed by atoms with Gasteiger partial charge in [0.15, 0.2) is 0 Å². The van der Waals surface area contributed by atoms with Gasteiger partial charge in [0.1, 0.15) is 5.82 Å². The van der Waals surface area contributed by atoms with Crippen LogP contribution in [-0.2, 0) is 6.42 Å². The lowest BCUT2D eigenvalue weighted by Crippen LogP contribution is -2.53. The predicted octanol–water partition coefficient (Wildman–Crippen LogP) is 1.89. The largest absolute Gasteiger partial charge is 0.354 e. The van der Waals surface area contributed by atoms with Crippen molar-refractivity contribution in [1.29, 1.82) is 0 Å². The molecule has 2 N–H and O–H groups in total. The van der Waals surface area contributed by atoms with E-state index in [-0.39, 0.29) is 11.6 Å². The van der Waals surface area contributed by atoms with Crippen molar-refractivity contribution in [2.24, 2.45) is 5.73 Å². The molecule has 0 radical (unpaired) electrons. The zero-order valence-electron chi connectivity index (χ0n) is 13.3. The Bertz CT molecular complexity index is 411. The van der Waals surface area contributed by atoms with Crippen LogP contribution in [0, 0.1) is 0 Å². The number of nitrogens with two attached hydrogens (primary N) is 1. The molecule has 2 heterocycles. The molecule has 0 aromatic carbocycles.